The smallest absolute Gasteiger partial charge is 0.228 e. The summed E-state index contributed by atoms with van der Waals surface area (Å²) in [5.41, 5.74) is 4.64. The molecule has 0 saturated heterocycles. The predicted octanol–water partition coefficient (Wildman–Crippen LogP) is 4.11. The van der Waals surface area contributed by atoms with Gasteiger partial charge >= 0.3 is 0 Å². The number of hydrogen-bond acceptors (Lipinski definition) is 1. The second-order valence-electron chi connectivity index (χ2n) is 5.07. The molecule has 1 aliphatic heterocycles. The van der Waals surface area contributed by atoms with Gasteiger partial charge in [-0.05, 0) is 47.4 Å². The van der Waals surface area contributed by atoms with E-state index in [0.717, 1.165) is 27.9 Å². The number of nitrogens with one attached hydrogen (secondary N) is 1. The summed E-state index contributed by atoms with van der Waals surface area (Å²) >= 11 is 3.61. The molecule has 0 aliphatic carbocycles. The van der Waals surface area contributed by atoms with Crippen LogP contribution in [0.2, 0.25) is 0 Å². The predicted molar refractivity (Wildman–Crippen MR) is 80.7 cm³/mol. The van der Waals surface area contributed by atoms with Crippen molar-refractivity contribution in [3.63, 3.8) is 0 Å². The van der Waals surface area contributed by atoms with E-state index in [1.54, 1.807) is 0 Å². The number of benzene rings is 2. The number of hydrogen-bond donors (Lipinski definition) is 1. The van der Waals surface area contributed by atoms with Crippen LogP contribution in [0.1, 0.15) is 27.1 Å². The molecule has 0 radical (unpaired) electrons. The summed E-state index contributed by atoms with van der Waals surface area (Å²) in [6.07, 6.45) is 0.408. The molecule has 1 aliphatic rings. The number of carbonyl (C=O) groups excluding carboxylic acids is 1. The molecule has 3 rings (SSSR count). The van der Waals surface area contributed by atoms with Crippen LogP contribution in [-0.2, 0) is 11.2 Å². The summed E-state index contributed by atoms with van der Waals surface area (Å²) in [6, 6.07) is 10.8. The van der Waals surface area contributed by atoms with Crippen molar-refractivity contribution in [3.05, 3.63) is 64.5 Å². The lowest BCUT2D eigenvalue weighted by Crippen LogP contribution is -2.03. The highest BCUT2D eigenvalue weighted by Gasteiger charge is 2.20. The van der Waals surface area contributed by atoms with Gasteiger partial charge in [0, 0.05) is 5.69 Å². The second kappa shape index (κ2) is 5.02. The Kier molecular flexibility index (Phi) is 3.34. The molecule has 0 spiro atoms. The van der Waals surface area contributed by atoms with Crippen molar-refractivity contribution in [1.82, 2.24) is 0 Å². The molecule has 0 bridgehead atoms. The average molecular weight is 334 g/mol. The van der Waals surface area contributed by atoms with Gasteiger partial charge in [-0.3, -0.25) is 4.79 Å². The van der Waals surface area contributed by atoms with Crippen LogP contribution in [0.5, 0.6) is 0 Å². The first-order chi connectivity index (χ1) is 9.52. The average Bonchev–Trinajstić information content (AvgIpc) is 2.75. The van der Waals surface area contributed by atoms with Crippen LogP contribution in [0.15, 0.2) is 36.4 Å². The molecule has 1 amide bonds. The fourth-order valence-corrected chi connectivity index (χ4v) is 3.06. The van der Waals surface area contributed by atoms with E-state index in [1.165, 1.54) is 12.1 Å². The number of rotatable bonds is 2. The van der Waals surface area contributed by atoms with Crippen LogP contribution in [0.4, 0.5) is 10.1 Å². The molecular weight excluding hydrogens is 321 g/mol. The summed E-state index contributed by atoms with van der Waals surface area (Å²) in [4.78, 5) is 11.3. The van der Waals surface area contributed by atoms with Crippen molar-refractivity contribution in [2.45, 2.75) is 18.2 Å². The summed E-state index contributed by atoms with van der Waals surface area (Å²) in [5, 5.41) is 2.81. The van der Waals surface area contributed by atoms with Crippen molar-refractivity contribution in [2.24, 2.45) is 0 Å². The van der Waals surface area contributed by atoms with Gasteiger partial charge in [-0.25, -0.2) is 4.39 Å². The van der Waals surface area contributed by atoms with Crippen LogP contribution in [-0.4, -0.2) is 5.91 Å². The summed E-state index contributed by atoms with van der Waals surface area (Å²) in [7, 11) is 0. The van der Waals surface area contributed by atoms with E-state index in [0.29, 0.717) is 6.42 Å². The first-order valence-corrected chi connectivity index (χ1v) is 7.28. The lowest BCUT2D eigenvalue weighted by molar-refractivity contribution is -0.115. The second-order valence-corrected chi connectivity index (χ2v) is 5.98. The maximum absolute atomic E-state index is 13.5. The van der Waals surface area contributed by atoms with Crippen molar-refractivity contribution in [3.8, 4) is 0 Å². The standard InChI is InChI=1S/C16H13BrFNO/c1-9-4-12(7-13(18)5-9)16(17)10-2-3-14-11(6-10)8-15(20)19-14/h2-7,16H,8H2,1H3,(H,19,20). The van der Waals surface area contributed by atoms with Crippen LogP contribution in [0, 0.1) is 12.7 Å². The third-order valence-corrected chi connectivity index (χ3v) is 4.46. The zero-order valence-electron chi connectivity index (χ0n) is 10.9. The van der Waals surface area contributed by atoms with Gasteiger partial charge < -0.3 is 5.32 Å². The molecular formula is C16H13BrFNO. The Labute approximate surface area is 125 Å². The summed E-state index contributed by atoms with van der Waals surface area (Å²) in [5.74, 6) is -0.215. The Balaban J connectivity index is 1.97. The topological polar surface area (TPSA) is 29.1 Å². The van der Waals surface area contributed by atoms with Crippen molar-refractivity contribution in [1.29, 1.82) is 0 Å². The molecule has 102 valence electrons. The van der Waals surface area contributed by atoms with Crippen molar-refractivity contribution < 1.29 is 9.18 Å². The number of fused-ring (bicyclic) bond motifs is 1. The number of carbonyl (C=O) groups is 1. The first-order valence-electron chi connectivity index (χ1n) is 6.37. The third-order valence-electron chi connectivity index (χ3n) is 3.40. The van der Waals surface area contributed by atoms with E-state index in [4.69, 9.17) is 0 Å². The number of anilines is 1. The molecule has 1 heterocycles. The maximum atomic E-state index is 13.5. The molecule has 0 saturated carbocycles. The largest absolute Gasteiger partial charge is 0.326 e. The van der Waals surface area contributed by atoms with E-state index in [-0.39, 0.29) is 16.6 Å². The van der Waals surface area contributed by atoms with Gasteiger partial charge in [-0.15, -0.1) is 0 Å². The monoisotopic (exact) mass is 333 g/mol. The van der Waals surface area contributed by atoms with Gasteiger partial charge in [-0.2, -0.15) is 0 Å². The minimum absolute atomic E-state index is 0.0184. The van der Waals surface area contributed by atoms with E-state index >= 15 is 0 Å². The number of aryl methyl sites for hydroxylation is 1. The number of halogens is 2. The van der Waals surface area contributed by atoms with E-state index < -0.39 is 0 Å². The molecule has 0 fully saturated rings. The van der Waals surface area contributed by atoms with Gasteiger partial charge in [0.1, 0.15) is 5.82 Å². The minimum Gasteiger partial charge on any atom is -0.326 e. The molecule has 4 heteroatoms. The first kappa shape index (κ1) is 13.3. The SMILES string of the molecule is Cc1cc(F)cc(C(Br)c2ccc3c(c2)CC(=O)N3)c1. The zero-order valence-corrected chi connectivity index (χ0v) is 12.5. The molecule has 1 unspecified atom stereocenters. The van der Waals surface area contributed by atoms with Gasteiger partial charge in [0.2, 0.25) is 5.91 Å². The zero-order chi connectivity index (χ0) is 14.3. The molecule has 2 aromatic carbocycles. The summed E-state index contributed by atoms with van der Waals surface area (Å²) in [6.45, 7) is 1.87. The highest BCUT2D eigenvalue weighted by molar-refractivity contribution is 9.09. The molecule has 1 N–H and O–H groups in total. The Morgan fingerprint density at radius 2 is 2.00 bits per heavy atom. The maximum Gasteiger partial charge on any atom is 0.228 e. The molecule has 0 aromatic heterocycles. The van der Waals surface area contributed by atoms with Gasteiger partial charge in [0.15, 0.2) is 0 Å². The Morgan fingerprint density at radius 3 is 2.75 bits per heavy atom. The van der Waals surface area contributed by atoms with Crippen LogP contribution < -0.4 is 5.32 Å². The quantitative estimate of drug-likeness (QED) is 0.823. The fraction of sp³-hybridized carbons (Fsp3) is 0.188. The van der Waals surface area contributed by atoms with Crippen molar-refractivity contribution in [2.75, 3.05) is 5.32 Å². The van der Waals surface area contributed by atoms with Crippen LogP contribution in [0.25, 0.3) is 0 Å². The highest BCUT2D eigenvalue weighted by atomic mass is 79.9. The lowest BCUT2D eigenvalue weighted by atomic mass is 10.00. The van der Waals surface area contributed by atoms with E-state index in [1.807, 2.05) is 31.2 Å². The Bertz CT molecular complexity index is 679. The van der Waals surface area contributed by atoms with Gasteiger partial charge in [0.05, 0.1) is 11.2 Å². The fourth-order valence-electron chi connectivity index (χ4n) is 2.51. The Hall–Kier alpha value is -1.68. The molecule has 2 nitrogen and oxygen atoms in total. The minimum atomic E-state index is -0.234. The third kappa shape index (κ3) is 2.48. The highest BCUT2D eigenvalue weighted by Crippen LogP contribution is 2.35. The normalized spacial score (nSPS) is 14.8. The van der Waals surface area contributed by atoms with Crippen LogP contribution >= 0.6 is 15.9 Å². The summed E-state index contributed by atoms with van der Waals surface area (Å²) < 4.78 is 13.5. The van der Waals surface area contributed by atoms with E-state index in [9.17, 15) is 9.18 Å². The Morgan fingerprint density at radius 1 is 1.20 bits per heavy atom. The lowest BCUT2D eigenvalue weighted by Gasteiger charge is -2.13. The number of alkyl halides is 1. The molecule has 1 atom stereocenters. The van der Waals surface area contributed by atoms with Crippen LogP contribution in [0.3, 0.4) is 0 Å². The van der Waals surface area contributed by atoms with Gasteiger partial charge in [-0.1, -0.05) is 34.1 Å². The molecule has 20 heavy (non-hydrogen) atoms. The molecule has 2 aromatic rings. The number of amides is 1. The van der Waals surface area contributed by atoms with Crippen molar-refractivity contribution >= 4 is 27.5 Å². The van der Waals surface area contributed by atoms with E-state index in [2.05, 4.69) is 21.2 Å². The van der Waals surface area contributed by atoms with Gasteiger partial charge in [0.25, 0.3) is 0 Å².